The molecule has 0 amide bonds. The van der Waals surface area contributed by atoms with Crippen LogP contribution in [-0.4, -0.2) is 11.8 Å². The van der Waals surface area contributed by atoms with Crippen molar-refractivity contribution in [2.75, 3.05) is 6.54 Å². The summed E-state index contributed by atoms with van der Waals surface area (Å²) in [6.45, 7) is 0.764. The molecule has 0 aliphatic heterocycles. The molecule has 0 atom stereocenters. The molecule has 0 bridgehead atoms. The number of hydrogen-bond acceptors (Lipinski definition) is 3. The topological polar surface area (TPSA) is 43.1 Å². The maximum absolute atomic E-state index is 12.3. The minimum Gasteiger partial charge on any atom is -0.330 e. The van der Waals surface area contributed by atoms with Crippen molar-refractivity contribution < 1.29 is 31.1 Å². The lowest BCUT2D eigenvalue weighted by molar-refractivity contribution is -0.143. The molecule has 2 N–H and O–H groups in total. The van der Waals surface area contributed by atoms with Crippen LogP contribution in [0.25, 0.3) is 0 Å². The molecule has 0 unspecified atom stereocenters. The second-order valence-corrected chi connectivity index (χ2v) is 6.06. The third kappa shape index (κ3) is 7.05. The van der Waals surface area contributed by atoms with Crippen molar-refractivity contribution in [3.05, 3.63) is 57.3 Å². The number of nitrogens with two attached hydrogens (primary N) is 1. The Hall–Kier alpha value is -1.58. The van der Waals surface area contributed by atoms with Gasteiger partial charge in [-0.25, -0.2) is 0 Å². The van der Waals surface area contributed by atoms with Crippen LogP contribution in [0.15, 0.2) is 35.7 Å². The van der Waals surface area contributed by atoms with Crippen LogP contribution in [0.2, 0.25) is 0 Å². The van der Waals surface area contributed by atoms with Crippen LogP contribution in [0, 0.1) is 0 Å². The average Bonchev–Trinajstić information content (AvgIpc) is 2.99. The monoisotopic (exact) mass is 403 g/mol. The van der Waals surface area contributed by atoms with Crippen LogP contribution >= 0.6 is 22.9 Å². The molecule has 1 heterocycles. The predicted molar refractivity (Wildman–Crippen MR) is 83.7 cm³/mol. The summed E-state index contributed by atoms with van der Waals surface area (Å²) < 4.78 is 73.7. The fourth-order valence-electron chi connectivity index (χ4n) is 1.67. The molecule has 0 aliphatic carbocycles. The Morgan fingerprint density at radius 3 is 1.88 bits per heavy atom. The highest BCUT2D eigenvalue weighted by atomic mass is 35.5. The van der Waals surface area contributed by atoms with Gasteiger partial charge in [-0.2, -0.15) is 26.3 Å². The van der Waals surface area contributed by atoms with E-state index < -0.39 is 34.3 Å². The number of carbonyl (C=O) groups excluding carboxylic acids is 1. The number of alkyl halides is 6. The minimum absolute atomic E-state index is 0.0800. The third-order valence-electron chi connectivity index (χ3n) is 2.79. The summed E-state index contributed by atoms with van der Waals surface area (Å²) >= 11 is 6.64. The molecule has 0 fully saturated rings. The molecule has 2 nitrogen and oxygen atoms in total. The van der Waals surface area contributed by atoms with Gasteiger partial charge in [-0.1, -0.05) is 6.07 Å². The molecule has 1 aromatic heterocycles. The molecule has 138 valence electrons. The van der Waals surface area contributed by atoms with E-state index in [2.05, 4.69) is 17.5 Å². The van der Waals surface area contributed by atoms with E-state index in [1.54, 1.807) is 11.3 Å². The largest absolute Gasteiger partial charge is 0.416 e. The normalized spacial score (nSPS) is 11.7. The van der Waals surface area contributed by atoms with Gasteiger partial charge >= 0.3 is 12.4 Å². The third-order valence-corrected chi connectivity index (χ3v) is 3.94. The minimum atomic E-state index is -4.98. The fourth-order valence-corrected chi connectivity index (χ4v) is 2.50. The van der Waals surface area contributed by atoms with Crippen molar-refractivity contribution >= 4 is 28.2 Å². The lowest BCUT2D eigenvalue weighted by atomic mass is 10.1. The standard InChI is InChI=1S/C9H3ClF6O.C6H9NS/c10-7(17)4-1-5(8(11,12)13)3-6(2-4)9(14,15)16;7-4-3-6-2-1-5-8-6/h1-3H;1-2,5H,3-4,7H2. The van der Waals surface area contributed by atoms with Crippen LogP contribution in [0.5, 0.6) is 0 Å². The van der Waals surface area contributed by atoms with E-state index in [1.807, 2.05) is 0 Å². The van der Waals surface area contributed by atoms with E-state index in [0.717, 1.165) is 13.0 Å². The van der Waals surface area contributed by atoms with Crippen molar-refractivity contribution in [3.63, 3.8) is 0 Å². The molecule has 10 heteroatoms. The molecule has 25 heavy (non-hydrogen) atoms. The Morgan fingerprint density at radius 1 is 1.04 bits per heavy atom. The zero-order valence-electron chi connectivity index (χ0n) is 12.4. The van der Waals surface area contributed by atoms with Gasteiger partial charge in [0.25, 0.3) is 5.24 Å². The van der Waals surface area contributed by atoms with Gasteiger partial charge in [0, 0.05) is 10.4 Å². The van der Waals surface area contributed by atoms with Crippen LogP contribution in [-0.2, 0) is 18.8 Å². The van der Waals surface area contributed by atoms with Crippen LogP contribution in [0.1, 0.15) is 26.4 Å². The first-order valence-corrected chi connectivity index (χ1v) is 7.92. The zero-order valence-corrected chi connectivity index (χ0v) is 14.0. The van der Waals surface area contributed by atoms with E-state index in [4.69, 9.17) is 17.3 Å². The molecule has 2 aromatic rings. The van der Waals surface area contributed by atoms with E-state index in [9.17, 15) is 31.1 Å². The number of hydrogen-bond donors (Lipinski definition) is 1. The quantitative estimate of drug-likeness (QED) is 0.554. The van der Waals surface area contributed by atoms with Gasteiger partial charge in [0.05, 0.1) is 11.1 Å². The molecule has 0 aliphatic rings. The smallest absolute Gasteiger partial charge is 0.330 e. The second kappa shape index (κ2) is 8.68. The molecular formula is C15H12ClF6NOS. The molecule has 0 spiro atoms. The number of halogens is 7. The highest BCUT2D eigenvalue weighted by Crippen LogP contribution is 2.36. The summed E-state index contributed by atoms with van der Waals surface area (Å²) in [4.78, 5) is 12.0. The maximum atomic E-state index is 12.3. The highest BCUT2D eigenvalue weighted by Gasteiger charge is 2.37. The first kappa shape index (κ1) is 21.5. The maximum Gasteiger partial charge on any atom is 0.416 e. The molecule has 0 radical (unpaired) electrons. The number of benzene rings is 1. The highest BCUT2D eigenvalue weighted by molar-refractivity contribution is 7.09. The molecular weight excluding hydrogens is 392 g/mol. The van der Waals surface area contributed by atoms with Gasteiger partial charge in [-0.05, 0) is 54.2 Å². The molecule has 0 saturated carbocycles. The van der Waals surface area contributed by atoms with E-state index in [0.29, 0.717) is 0 Å². The van der Waals surface area contributed by atoms with Gasteiger partial charge in [0.2, 0.25) is 0 Å². The Balaban J connectivity index is 0.000000324. The number of rotatable bonds is 3. The van der Waals surface area contributed by atoms with Crippen molar-refractivity contribution in [3.8, 4) is 0 Å². The van der Waals surface area contributed by atoms with Crippen LogP contribution in [0.4, 0.5) is 26.3 Å². The first-order valence-electron chi connectivity index (χ1n) is 6.67. The van der Waals surface area contributed by atoms with Crippen molar-refractivity contribution in [1.29, 1.82) is 0 Å². The van der Waals surface area contributed by atoms with Crippen molar-refractivity contribution in [2.24, 2.45) is 5.73 Å². The summed E-state index contributed by atoms with van der Waals surface area (Å²) in [7, 11) is 0. The van der Waals surface area contributed by atoms with Gasteiger partial charge in [0.15, 0.2) is 0 Å². The lowest BCUT2D eigenvalue weighted by Gasteiger charge is -2.12. The van der Waals surface area contributed by atoms with Gasteiger partial charge < -0.3 is 5.73 Å². The summed E-state index contributed by atoms with van der Waals surface area (Å²) in [6, 6.07) is 4.62. The Morgan fingerprint density at radius 2 is 1.56 bits per heavy atom. The molecule has 0 saturated heterocycles. The summed E-state index contributed by atoms with van der Waals surface area (Å²) in [5.74, 6) is 0. The van der Waals surface area contributed by atoms with E-state index >= 15 is 0 Å². The van der Waals surface area contributed by atoms with Crippen molar-refractivity contribution in [2.45, 2.75) is 18.8 Å². The van der Waals surface area contributed by atoms with E-state index in [-0.39, 0.29) is 18.2 Å². The van der Waals surface area contributed by atoms with Crippen LogP contribution < -0.4 is 5.73 Å². The number of thiophene rings is 1. The Labute approximate surface area is 148 Å². The summed E-state index contributed by atoms with van der Waals surface area (Å²) in [5, 5.41) is 0.687. The van der Waals surface area contributed by atoms with Gasteiger partial charge in [0.1, 0.15) is 0 Å². The Kier molecular flexibility index (Phi) is 7.45. The predicted octanol–water partition coefficient (Wildman–Crippen LogP) is 5.35. The zero-order chi connectivity index (χ0) is 19.3. The number of carbonyl (C=O) groups is 1. The van der Waals surface area contributed by atoms with Gasteiger partial charge in [-0.15, -0.1) is 11.3 Å². The molecule has 2 rings (SSSR count). The Bertz CT molecular complexity index is 665. The SMILES string of the molecule is NCCc1cccs1.O=C(Cl)c1cc(C(F)(F)F)cc(C(F)(F)F)c1. The summed E-state index contributed by atoms with van der Waals surface area (Å²) in [5.41, 5.74) is 1.33. The van der Waals surface area contributed by atoms with Crippen molar-refractivity contribution in [1.82, 2.24) is 0 Å². The lowest BCUT2D eigenvalue weighted by Crippen LogP contribution is -2.12. The van der Waals surface area contributed by atoms with Crippen LogP contribution in [0.3, 0.4) is 0 Å². The average molecular weight is 404 g/mol. The van der Waals surface area contributed by atoms with Gasteiger partial charge in [-0.3, -0.25) is 4.79 Å². The summed E-state index contributed by atoms with van der Waals surface area (Å²) in [6.07, 6.45) is -8.94. The van der Waals surface area contributed by atoms with E-state index in [1.165, 1.54) is 4.88 Å². The molecule has 1 aromatic carbocycles. The second-order valence-electron chi connectivity index (χ2n) is 4.69. The first-order chi connectivity index (χ1) is 11.4. The fraction of sp³-hybridized carbons (Fsp3) is 0.267.